The predicted molar refractivity (Wildman–Crippen MR) is 93.7 cm³/mol. The molecule has 0 bridgehead atoms. The summed E-state index contributed by atoms with van der Waals surface area (Å²) < 4.78 is 61.1. The summed E-state index contributed by atoms with van der Waals surface area (Å²) >= 11 is 1.41. The van der Waals surface area contributed by atoms with Crippen LogP contribution in [0.2, 0.25) is 0 Å². The SMILES string of the molecule is Cn1/c(=N/N=C/c2ccc(OC(F)F)cc2OC(F)F)sc2ccccc21. The summed E-state index contributed by atoms with van der Waals surface area (Å²) in [5.74, 6) is -0.645. The van der Waals surface area contributed by atoms with Gasteiger partial charge >= 0.3 is 13.2 Å². The smallest absolute Gasteiger partial charge is 0.387 e. The van der Waals surface area contributed by atoms with Gasteiger partial charge in [-0.1, -0.05) is 23.5 Å². The first-order valence-electron chi connectivity index (χ1n) is 7.59. The number of ether oxygens (including phenoxy) is 2. The fraction of sp³-hybridized carbons (Fsp3) is 0.176. The molecule has 0 amide bonds. The Hall–Kier alpha value is -2.88. The zero-order valence-corrected chi connectivity index (χ0v) is 14.7. The van der Waals surface area contributed by atoms with Crippen molar-refractivity contribution in [2.75, 3.05) is 0 Å². The summed E-state index contributed by atoms with van der Waals surface area (Å²) in [7, 11) is 1.83. The van der Waals surface area contributed by atoms with E-state index in [-0.39, 0.29) is 17.1 Å². The molecule has 0 fully saturated rings. The first-order chi connectivity index (χ1) is 12.9. The van der Waals surface area contributed by atoms with Gasteiger partial charge in [0.05, 0.1) is 16.4 Å². The van der Waals surface area contributed by atoms with Gasteiger partial charge in [-0.15, -0.1) is 5.10 Å². The lowest BCUT2D eigenvalue weighted by Crippen LogP contribution is -2.09. The molecule has 5 nitrogen and oxygen atoms in total. The van der Waals surface area contributed by atoms with Crippen molar-refractivity contribution in [2.45, 2.75) is 13.2 Å². The van der Waals surface area contributed by atoms with E-state index < -0.39 is 13.2 Å². The molecule has 0 aliphatic heterocycles. The monoisotopic (exact) mass is 399 g/mol. The predicted octanol–water partition coefficient (Wildman–Crippen LogP) is 4.38. The molecule has 10 heteroatoms. The highest BCUT2D eigenvalue weighted by Gasteiger charge is 2.12. The number of para-hydroxylation sites is 1. The second-order valence-electron chi connectivity index (χ2n) is 5.21. The van der Waals surface area contributed by atoms with Crippen LogP contribution in [0.15, 0.2) is 52.7 Å². The summed E-state index contributed by atoms with van der Waals surface area (Å²) in [6.07, 6.45) is 1.20. The van der Waals surface area contributed by atoms with Crippen molar-refractivity contribution in [1.82, 2.24) is 4.57 Å². The van der Waals surface area contributed by atoms with E-state index in [0.717, 1.165) is 16.3 Å². The molecule has 0 N–H and O–H groups in total. The lowest BCUT2D eigenvalue weighted by Gasteiger charge is -2.10. The molecule has 3 aromatic rings. The number of thiazole rings is 1. The van der Waals surface area contributed by atoms with Crippen LogP contribution in [0, 0.1) is 0 Å². The number of rotatable bonds is 6. The zero-order valence-electron chi connectivity index (χ0n) is 13.9. The molecule has 1 aromatic heterocycles. The molecular weight excluding hydrogens is 386 g/mol. The standard InChI is InChI=1S/C17H13F4N3O2S/c1-24-12-4-2-3-5-14(12)27-17(24)23-22-9-10-6-7-11(25-15(18)19)8-13(10)26-16(20)21/h2-9,15-16H,1H3/b22-9+,23-17-. The van der Waals surface area contributed by atoms with Crippen LogP contribution in [-0.2, 0) is 7.05 Å². The Morgan fingerprint density at radius 3 is 2.48 bits per heavy atom. The molecule has 0 aliphatic carbocycles. The van der Waals surface area contributed by atoms with Gasteiger partial charge in [0.2, 0.25) is 4.80 Å². The Bertz CT molecular complexity index is 1030. The van der Waals surface area contributed by atoms with Gasteiger partial charge in [-0.05, 0) is 24.3 Å². The lowest BCUT2D eigenvalue weighted by atomic mass is 10.2. The van der Waals surface area contributed by atoms with Crippen molar-refractivity contribution >= 4 is 27.8 Å². The molecule has 1 heterocycles. The van der Waals surface area contributed by atoms with Crippen LogP contribution >= 0.6 is 11.3 Å². The van der Waals surface area contributed by atoms with Crippen LogP contribution < -0.4 is 14.3 Å². The van der Waals surface area contributed by atoms with Crippen LogP contribution in [0.1, 0.15) is 5.56 Å². The van der Waals surface area contributed by atoms with E-state index in [0.29, 0.717) is 4.80 Å². The van der Waals surface area contributed by atoms with E-state index in [1.54, 1.807) is 0 Å². The van der Waals surface area contributed by atoms with Gasteiger partial charge in [-0.25, -0.2) is 0 Å². The average molecular weight is 399 g/mol. The normalized spacial score (nSPS) is 12.6. The molecule has 27 heavy (non-hydrogen) atoms. The van der Waals surface area contributed by atoms with E-state index in [2.05, 4.69) is 19.7 Å². The number of halogens is 4. The number of hydrogen-bond acceptors (Lipinski definition) is 5. The zero-order chi connectivity index (χ0) is 19.4. The molecule has 0 spiro atoms. The minimum atomic E-state index is -3.13. The maximum Gasteiger partial charge on any atom is 0.387 e. The maximum absolute atomic E-state index is 12.6. The molecular formula is C17H13F4N3O2S. The number of fused-ring (bicyclic) bond motifs is 1. The number of alkyl halides is 4. The fourth-order valence-corrected chi connectivity index (χ4v) is 3.29. The first-order valence-corrected chi connectivity index (χ1v) is 8.41. The highest BCUT2D eigenvalue weighted by Crippen LogP contribution is 2.26. The third-order valence-corrected chi connectivity index (χ3v) is 4.58. The van der Waals surface area contributed by atoms with Crippen molar-refractivity contribution in [1.29, 1.82) is 0 Å². The second-order valence-corrected chi connectivity index (χ2v) is 6.22. The number of benzene rings is 2. The summed E-state index contributed by atoms with van der Waals surface area (Å²) in [4.78, 5) is 0.599. The highest BCUT2D eigenvalue weighted by atomic mass is 32.1. The van der Waals surface area contributed by atoms with E-state index in [1.807, 2.05) is 35.9 Å². The van der Waals surface area contributed by atoms with Gasteiger partial charge in [0.15, 0.2) is 0 Å². The van der Waals surface area contributed by atoms with E-state index in [1.165, 1.54) is 29.7 Å². The topological polar surface area (TPSA) is 48.1 Å². The molecule has 142 valence electrons. The highest BCUT2D eigenvalue weighted by molar-refractivity contribution is 7.16. The van der Waals surface area contributed by atoms with Gasteiger partial charge in [0.1, 0.15) is 11.5 Å². The first kappa shape index (κ1) is 18.9. The van der Waals surface area contributed by atoms with Crippen LogP contribution in [-0.4, -0.2) is 24.0 Å². The quantitative estimate of drug-likeness (QED) is 0.351. The van der Waals surface area contributed by atoms with E-state index in [4.69, 9.17) is 0 Å². The molecule has 0 saturated heterocycles. The molecule has 3 rings (SSSR count). The second kappa shape index (κ2) is 8.21. The van der Waals surface area contributed by atoms with Crippen LogP contribution in [0.4, 0.5) is 17.6 Å². The summed E-state index contributed by atoms with van der Waals surface area (Å²) in [5.41, 5.74) is 1.12. The maximum atomic E-state index is 12.6. The van der Waals surface area contributed by atoms with Crippen LogP contribution in [0.5, 0.6) is 11.5 Å². The Balaban J connectivity index is 1.92. The van der Waals surface area contributed by atoms with Gasteiger partial charge < -0.3 is 14.0 Å². The third-order valence-electron chi connectivity index (χ3n) is 3.48. The van der Waals surface area contributed by atoms with E-state index in [9.17, 15) is 17.6 Å². The summed E-state index contributed by atoms with van der Waals surface area (Å²) in [6, 6.07) is 11.1. The van der Waals surface area contributed by atoms with Gasteiger partial charge in [0, 0.05) is 18.7 Å². The number of hydrogen-bond donors (Lipinski definition) is 0. The van der Waals surface area contributed by atoms with E-state index >= 15 is 0 Å². The number of aryl methyl sites for hydroxylation is 1. The lowest BCUT2D eigenvalue weighted by molar-refractivity contribution is -0.0543. The summed E-state index contributed by atoms with van der Waals surface area (Å²) in [5, 5.41) is 7.99. The molecule has 0 atom stereocenters. The van der Waals surface area contributed by atoms with Gasteiger partial charge in [-0.2, -0.15) is 22.7 Å². The Morgan fingerprint density at radius 2 is 1.78 bits per heavy atom. The van der Waals surface area contributed by atoms with Crippen molar-refractivity contribution < 1.29 is 27.0 Å². The minimum absolute atomic E-state index is 0.143. The number of nitrogens with zero attached hydrogens (tertiary/aromatic N) is 3. The Labute approximate surface area is 154 Å². The fourth-order valence-electron chi connectivity index (χ4n) is 2.31. The van der Waals surface area contributed by atoms with Crippen LogP contribution in [0.3, 0.4) is 0 Å². The minimum Gasteiger partial charge on any atom is -0.435 e. The van der Waals surface area contributed by atoms with Crippen molar-refractivity contribution in [2.24, 2.45) is 17.3 Å². The molecule has 2 aromatic carbocycles. The Morgan fingerprint density at radius 1 is 1.04 bits per heavy atom. The van der Waals surface area contributed by atoms with Crippen molar-refractivity contribution in [3.05, 3.63) is 52.8 Å². The average Bonchev–Trinajstić information content (AvgIpc) is 2.92. The summed E-state index contributed by atoms with van der Waals surface area (Å²) in [6.45, 7) is -6.21. The molecule has 0 radical (unpaired) electrons. The van der Waals surface area contributed by atoms with Crippen molar-refractivity contribution in [3.8, 4) is 11.5 Å². The molecule has 0 unspecified atom stereocenters. The number of aromatic nitrogens is 1. The Kier molecular flexibility index (Phi) is 5.75. The van der Waals surface area contributed by atoms with Crippen molar-refractivity contribution in [3.63, 3.8) is 0 Å². The van der Waals surface area contributed by atoms with Crippen LogP contribution in [0.25, 0.3) is 10.2 Å². The molecule has 0 saturated carbocycles. The van der Waals surface area contributed by atoms with Gasteiger partial charge in [0.25, 0.3) is 0 Å². The molecule has 0 aliphatic rings. The third kappa shape index (κ3) is 4.64. The largest absolute Gasteiger partial charge is 0.435 e. The van der Waals surface area contributed by atoms with Gasteiger partial charge in [-0.3, -0.25) is 0 Å².